The van der Waals surface area contributed by atoms with Crippen molar-refractivity contribution in [1.82, 2.24) is 19.5 Å². The summed E-state index contributed by atoms with van der Waals surface area (Å²) in [7, 11) is 1.89. The van der Waals surface area contributed by atoms with Crippen molar-refractivity contribution in [3.05, 3.63) is 71.6 Å². The topological polar surface area (TPSA) is 113 Å². The van der Waals surface area contributed by atoms with Crippen LogP contribution in [0.3, 0.4) is 0 Å². The largest absolute Gasteiger partial charge is 0.348 e. The molecule has 0 fully saturated rings. The minimum Gasteiger partial charge on any atom is -0.348 e. The van der Waals surface area contributed by atoms with Crippen LogP contribution in [-0.2, 0) is 17.1 Å². The van der Waals surface area contributed by atoms with Gasteiger partial charge in [0.05, 0.1) is 28.0 Å². The quantitative estimate of drug-likeness (QED) is 0.266. The van der Waals surface area contributed by atoms with Crippen LogP contribution in [0.5, 0.6) is 0 Å². The third-order valence-corrected chi connectivity index (χ3v) is 7.90. The molecule has 0 aliphatic heterocycles. The summed E-state index contributed by atoms with van der Waals surface area (Å²) in [5, 5.41) is 0.364. The van der Waals surface area contributed by atoms with Gasteiger partial charge in [-0.3, -0.25) is 9.52 Å². The number of hydrogen-bond acceptors (Lipinski definition) is 6. The van der Waals surface area contributed by atoms with Gasteiger partial charge in [-0.1, -0.05) is 13.0 Å². The minimum absolute atomic E-state index is 0.000441. The Kier molecular flexibility index (Phi) is 6.59. The molecule has 0 amide bonds. The number of hydrogen-bond donors (Lipinski definition) is 2. The van der Waals surface area contributed by atoms with Crippen LogP contribution in [0.1, 0.15) is 29.3 Å². The molecule has 2 aromatic carbocycles. The van der Waals surface area contributed by atoms with Gasteiger partial charge in [0, 0.05) is 50.0 Å². The highest BCUT2D eigenvalue weighted by atomic mass is 32.2. The molecule has 0 bridgehead atoms. The van der Waals surface area contributed by atoms with E-state index in [-0.39, 0.29) is 11.3 Å². The Hall–Kier alpha value is -4.32. The van der Waals surface area contributed by atoms with E-state index in [2.05, 4.69) is 19.7 Å². The Morgan fingerprint density at radius 3 is 2.62 bits per heavy atom. The summed E-state index contributed by atoms with van der Waals surface area (Å²) in [5.41, 5.74) is 2.19. The zero-order valence-electron chi connectivity index (χ0n) is 21.7. The second kappa shape index (κ2) is 9.77. The molecule has 0 saturated heterocycles. The van der Waals surface area contributed by atoms with Crippen molar-refractivity contribution in [2.75, 3.05) is 29.5 Å². The summed E-state index contributed by atoms with van der Waals surface area (Å²) < 4.78 is 58.4. The summed E-state index contributed by atoms with van der Waals surface area (Å²) in [6.45, 7) is 1.66. The number of benzene rings is 2. The Balaban J connectivity index is 1.56. The van der Waals surface area contributed by atoms with E-state index in [0.717, 1.165) is 34.7 Å². The number of nitrogens with one attached hydrogen (secondary N) is 2. The number of sulfonamides is 1. The van der Waals surface area contributed by atoms with E-state index in [4.69, 9.17) is 0 Å². The standard InChI is InChI=1S/C27H26F2N6O3S/c1-5-10-39(37,38)33-20-8-7-19(28)23(24(20)29)25(36)18-14-31-26-17(18)11-16(13-30-26)15-6-9-22-21(12-15)32-27(34(2)3)35(22)4/h6-9,11-14,33H,5,10H2,1-4H3,(H,30,31). The number of aromatic nitrogens is 4. The predicted molar refractivity (Wildman–Crippen MR) is 148 cm³/mol. The third-order valence-electron chi connectivity index (χ3n) is 6.42. The van der Waals surface area contributed by atoms with Crippen LogP contribution in [0.15, 0.2) is 48.8 Å². The molecule has 0 aliphatic carbocycles. The van der Waals surface area contributed by atoms with E-state index >= 15 is 4.39 Å². The van der Waals surface area contributed by atoms with Gasteiger partial charge in [0.15, 0.2) is 5.82 Å². The van der Waals surface area contributed by atoms with Crippen molar-refractivity contribution in [3.63, 3.8) is 0 Å². The maximum absolute atomic E-state index is 15.3. The van der Waals surface area contributed by atoms with E-state index in [1.807, 2.05) is 48.8 Å². The number of ketones is 1. The normalized spacial score (nSPS) is 11.8. The average Bonchev–Trinajstić information content (AvgIpc) is 3.46. The highest BCUT2D eigenvalue weighted by Gasteiger charge is 2.26. The highest BCUT2D eigenvalue weighted by Crippen LogP contribution is 2.31. The number of fused-ring (bicyclic) bond motifs is 2. The zero-order valence-corrected chi connectivity index (χ0v) is 22.5. The molecule has 3 aromatic heterocycles. The number of halogens is 2. The van der Waals surface area contributed by atoms with Crippen molar-refractivity contribution < 1.29 is 22.0 Å². The molecule has 0 radical (unpaired) electrons. The first-order valence-electron chi connectivity index (χ1n) is 12.1. The van der Waals surface area contributed by atoms with Gasteiger partial charge < -0.3 is 14.5 Å². The first-order valence-corrected chi connectivity index (χ1v) is 13.8. The molecule has 0 atom stereocenters. The Morgan fingerprint density at radius 2 is 1.90 bits per heavy atom. The number of imidazole rings is 1. The summed E-state index contributed by atoms with van der Waals surface area (Å²) in [6.07, 6.45) is 3.27. The van der Waals surface area contributed by atoms with Crippen LogP contribution in [0.2, 0.25) is 0 Å². The summed E-state index contributed by atoms with van der Waals surface area (Å²) in [6, 6.07) is 9.29. The van der Waals surface area contributed by atoms with Gasteiger partial charge >= 0.3 is 0 Å². The summed E-state index contributed by atoms with van der Waals surface area (Å²) in [4.78, 5) is 27.3. The van der Waals surface area contributed by atoms with Crippen LogP contribution in [0.25, 0.3) is 33.2 Å². The fourth-order valence-corrected chi connectivity index (χ4v) is 5.71. The SMILES string of the molecule is CCCS(=O)(=O)Nc1ccc(F)c(C(=O)c2c[nH]c3ncc(-c4ccc5c(c4)nc(N(C)C)n5C)cc23)c1F. The second-order valence-corrected chi connectivity index (χ2v) is 11.3. The van der Waals surface area contributed by atoms with Crippen molar-refractivity contribution in [1.29, 1.82) is 0 Å². The van der Waals surface area contributed by atoms with E-state index in [1.54, 1.807) is 19.2 Å². The van der Waals surface area contributed by atoms with Gasteiger partial charge in [0.1, 0.15) is 11.5 Å². The Morgan fingerprint density at radius 1 is 1.13 bits per heavy atom. The molecule has 5 rings (SSSR count). The molecule has 0 saturated carbocycles. The molecule has 0 spiro atoms. The molecule has 3 heterocycles. The molecule has 2 N–H and O–H groups in total. The Bertz CT molecular complexity index is 1860. The second-order valence-electron chi connectivity index (χ2n) is 9.43. The minimum atomic E-state index is -3.86. The first kappa shape index (κ1) is 26.3. The van der Waals surface area contributed by atoms with Crippen LogP contribution in [0, 0.1) is 11.6 Å². The van der Waals surface area contributed by atoms with Crippen LogP contribution in [-0.4, -0.2) is 53.6 Å². The molecular weight excluding hydrogens is 526 g/mol. The van der Waals surface area contributed by atoms with Crippen molar-refractivity contribution in [2.45, 2.75) is 13.3 Å². The lowest BCUT2D eigenvalue weighted by Gasteiger charge is -2.11. The number of H-pyrrole nitrogens is 1. The number of nitrogens with zero attached hydrogens (tertiary/aromatic N) is 4. The van der Waals surface area contributed by atoms with Crippen LogP contribution in [0.4, 0.5) is 20.4 Å². The maximum atomic E-state index is 15.3. The number of pyridine rings is 1. The molecule has 0 unspecified atom stereocenters. The number of anilines is 2. The number of rotatable bonds is 8. The molecule has 9 nitrogen and oxygen atoms in total. The lowest BCUT2D eigenvalue weighted by molar-refractivity contribution is 0.103. The third kappa shape index (κ3) is 4.71. The number of carbonyl (C=O) groups excluding carboxylic acids is 1. The molecule has 5 aromatic rings. The zero-order chi connectivity index (χ0) is 28.1. The van der Waals surface area contributed by atoms with Crippen molar-refractivity contribution in [3.8, 4) is 11.1 Å². The van der Waals surface area contributed by atoms with Gasteiger partial charge in [-0.15, -0.1) is 0 Å². The molecule has 39 heavy (non-hydrogen) atoms. The van der Waals surface area contributed by atoms with Gasteiger partial charge in [-0.2, -0.15) is 0 Å². The monoisotopic (exact) mass is 552 g/mol. The fraction of sp³-hybridized carbons (Fsp3) is 0.222. The van der Waals surface area contributed by atoms with Gasteiger partial charge in [-0.05, 0) is 42.3 Å². The number of carbonyl (C=O) groups is 1. The van der Waals surface area contributed by atoms with Crippen molar-refractivity contribution >= 4 is 49.5 Å². The van der Waals surface area contributed by atoms with E-state index in [0.29, 0.717) is 23.0 Å². The number of aromatic amines is 1. The van der Waals surface area contributed by atoms with E-state index < -0.39 is 38.7 Å². The average molecular weight is 553 g/mol. The smallest absolute Gasteiger partial charge is 0.232 e. The summed E-state index contributed by atoms with van der Waals surface area (Å²) >= 11 is 0. The van der Waals surface area contributed by atoms with Crippen LogP contribution < -0.4 is 9.62 Å². The lowest BCUT2D eigenvalue weighted by atomic mass is 9.99. The number of aryl methyl sites for hydroxylation is 1. The predicted octanol–water partition coefficient (Wildman–Crippen LogP) is 4.84. The lowest BCUT2D eigenvalue weighted by Crippen LogP contribution is -2.18. The Labute approximate surface area is 223 Å². The fourth-order valence-electron chi connectivity index (χ4n) is 4.58. The molecule has 12 heteroatoms. The first-order chi connectivity index (χ1) is 18.5. The molecule has 0 aliphatic rings. The van der Waals surface area contributed by atoms with E-state index in [1.165, 1.54) is 6.20 Å². The van der Waals surface area contributed by atoms with Crippen molar-refractivity contribution in [2.24, 2.45) is 7.05 Å². The van der Waals surface area contributed by atoms with Crippen LogP contribution >= 0.6 is 0 Å². The highest BCUT2D eigenvalue weighted by molar-refractivity contribution is 7.92. The maximum Gasteiger partial charge on any atom is 0.232 e. The summed E-state index contributed by atoms with van der Waals surface area (Å²) in [5.74, 6) is -2.78. The molecule has 202 valence electrons. The van der Waals surface area contributed by atoms with Gasteiger partial charge in [0.2, 0.25) is 21.8 Å². The van der Waals surface area contributed by atoms with Gasteiger partial charge in [-0.25, -0.2) is 27.2 Å². The van der Waals surface area contributed by atoms with E-state index in [9.17, 15) is 17.6 Å². The molecular formula is C27H26F2N6O3S. The van der Waals surface area contributed by atoms with Gasteiger partial charge in [0.25, 0.3) is 0 Å².